The summed E-state index contributed by atoms with van der Waals surface area (Å²) in [5, 5.41) is 8.97. The van der Waals surface area contributed by atoms with E-state index in [-0.39, 0.29) is 13.0 Å². The zero-order valence-corrected chi connectivity index (χ0v) is 7.94. The minimum Gasteiger partial charge on any atom is -0.495 e. The number of hydrogen-bond acceptors (Lipinski definition) is 2. The Kier molecular flexibility index (Phi) is 3.51. The summed E-state index contributed by atoms with van der Waals surface area (Å²) in [7, 11) is 1.42. The number of ether oxygens (including phenoxy) is 1. The van der Waals surface area contributed by atoms with Gasteiger partial charge in [-0.3, -0.25) is 0 Å². The number of halogens is 2. The predicted octanol–water partition coefficient (Wildman–Crippen LogP) is 2.02. The second-order valence-corrected chi connectivity index (χ2v) is 2.96. The first-order chi connectivity index (χ1) is 6.19. The highest BCUT2D eigenvalue weighted by Gasteiger charge is 2.07. The zero-order valence-electron chi connectivity index (χ0n) is 7.18. The molecule has 0 bridgehead atoms. The van der Waals surface area contributed by atoms with Gasteiger partial charge >= 0.3 is 0 Å². The van der Waals surface area contributed by atoms with Gasteiger partial charge in [-0.25, -0.2) is 4.39 Å². The van der Waals surface area contributed by atoms with E-state index in [2.05, 4.69) is 0 Å². The maximum atomic E-state index is 13.2. The highest BCUT2D eigenvalue weighted by molar-refractivity contribution is 6.32. The fraction of sp³-hybridized carbons (Fsp3) is 0.333. The van der Waals surface area contributed by atoms with Crippen molar-refractivity contribution < 1.29 is 14.2 Å². The van der Waals surface area contributed by atoms with E-state index >= 15 is 0 Å². The largest absolute Gasteiger partial charge is 0.495 e. The van der Waals surface area contributed by atoms with Gasteiger partial charge in [0.15, 0.2) is 0 Å². The molecule has 72 valence electrons. The van der Waals surface area contributed by atoms with Crippen LogP contribution >= 0.6 is 11.6 Å². The first kappa shape index (κ1) is 10.3. The van der Waals surface area contributed by atoms with Crippen molar-refractivity contribution >= 4 is 11.6 Å². The molecule has 0 radical (unpaired) electrons. The third kappa shape index (κ3) is 2.32. The predicted molar refractivity (Wildman–Crippen MR) is 48.8 cm³/mol. The van der Waals surface area contributed by atoms with Crippen molar-refractivity contribution in [1.29, 1.82) is 0 Å². The molecule has 0 fully saturated rings. The van der Waals surface area contributed by atoms with Crippen LogP contribution in [0.3, 0.4) is 0 Å². The molecule has 0 atom stereocenters. The quantitative estimate of drug-likeness (QED) is 0.817. The van der Waals surface area contributed by atoms with Gasteiger partial charge in [-0.15, -0.1) is 0 Å². The molecule has 1 aromatic rings. The van der Waals surface area contributed by atoms with Crippen LogP contribution in [0.1, 0.15) is 5.56 Å². The lowest BCUT2D eigenvalue weighted by molar-refractivity contribution is 0.297. The number of benzene rings is 1. The van der Waals surface area contributed by atoms with Gasteiger partial charge < -0.3 is 9.84 Å². The van der Waals surface area contributed by atoms with Crippen molar-refractivity contribution in [2.45, 2.75) is 6.42 Å². The molecule has 0 aliphatic heterocycles. The Labute approximate surface area is 80.9 Å². The molecule has 0 saturated carbocycles. The van der Waals surface area contributed by atoms with Crippen LogP contribution in [0.4, 0.5) is 4.39 Å². The lowest BCUT2D eigenvalue weighted by atomic mass is 10.1. The van der Waals surface area contributed by atoms with Crippen LogP contribution in [-0.4, -0.2) is 18.8 Å². The zero-order chi connectivity index (χ0) is 9.84. The minimum atomic E-state index is -0.407. The van der Waals surface area contributed by atoms with Crippen LogP contribution in [0, 0.1) is 5.82 Å². The molecule has 0 saturated heterocycles. The number of aliphatic hydroxyl groups excluding tert-OH is 1. The summed E-state index contributed by atoms with van der Waals surface area (Å²) < 4.78 is 18.0. The number of hydrogen-bond donors (Lipinski definition) is 1. The summed E-state index contributed by atoms with van der Waals surface area (Å²) >= 11 is 5.76. The van der Waals surface area contributed by atoms with Crippen molar-refractivity contribution in [3.05, 3.63) is 28.5 Å². The fourth-order valence-corrected chi connectivity index (χ4v) is 1.30. The van der Waals surface area contributed by atoms with Gasteiger partial charge in [-0.05, 0) is 18.1 Å². The van der Waals surface area contributed by atoms with E-state index < -0.39 is 5.82 Å². The van der Waals surface area contributed by atoms with Crippen molar-refractivity contribution in [3.63, 3.8) is 0 Å². The molecular formula is C9H10ClFO2. The summed E-state index contributed by atoms with van der Waals surface area (Å²) in [6, 6.07) is 2.68. The van der Waals surface area contributed by atoms with Crippen LogP contribution in [-0.2, 0) is 6.42 Å². The number of aliphatic hydroxyl groups is 1. The second kappa shape index (κ2) is 4.44. The average Bonchev–Trinajstić information content (AvgIpc) is 2.11. The SMILES string of the molecule is COc1cc(F)c(CCO)cc1Cl. The van der Waals surface area contributed by atoms with Crippen molar-refractivity contribution in [1.82, 2.24) is 0 Å². The average molecular weight is 205 g/mol. The Bertz CT molecular complexity index is 302. The first-order valence-corrected chi connectivity index (χ1v) is 4.19. The van der Waals surface area contributed by atoms with Crippen molar-refractivity contribution in [2.24, 2.45) is 0 Å². The summed E-state index contributed by atoms with van der Waals surface area (Å²) in [5.74, 6) is -0.101. The van der Waals surface area contributed by atoms with E-state index in [1.54, 1.807) is 0 Å². The smallest absolute Gasteiger partial charge is 0.140 e. The summed E-state index contributed by atoms with van der Waals surface area (Å²) in [4.78, 5) is 0. The molecule has 0 unspecified atom stereocenters. The van der Waals surface area contributed by atoms with E-state index in [0.717, 1.165) is 0 Å². The Balaban J connectivity index is 3.05. The maximum Gasteiger partial charge on any atom is 0.140 e. The van der Waals surface area contributed by atoms with Crippen molar-refractivity contribution in [3.8, 4) is 5.75 Å². The molecule has 0 spiro atoms. The van der Waals surface area contributed by atoms with Crippen LogP contribution in [0.5, 0.6) is 5.75 Å². The molecule has 0 aromatic heterocycles. The standard InChI is InChI=1S/C9H10ClFO2/c1-13-9-5-8(11)6(2-3-12)4-7(9)10/h4-5,12H,2-3H2,1H3. The topological polar surface area (TPSA) is 29.5 Å². The molecule has 0 amide bonds. The third-order valence-electron chi connectivity index (χ3n) is 1.70. The fourth-order valence-electron chi connectivity index (χ4n) is 1.04. The van der Waals surface area contributed by atoms with E-state index in [9.17, 15) is 4.39 Å². The lowest BCUT2D eigenvalue weighted by Gasteiger charge is -2.06. The van der Waals surface area contributed by atoms with Gasteiger partial charge in [-0.2, -0.15) is 0 Å². The van der Waals surface area contributed by atoms with Gasteiger partial charge in [0.05, 0.1) is 12.1 Å². The molecule has 1 rings (SSSR count). The Morgan fingerprint density at radius 1 is 1.54 bits per heavy atom. The normalized spacial score (nSPS) is 10.2. The van der Waals surface area contributed by atoms with Gasteiger partial charge in [0.1, 0.15) is 11.6 Å². The van der Waals surface area contributed by atoms with Gasteiger partial charge in [0.25, 0.3) is 0 Å². The van der Waals surface area contributed by atoms with Gasteiger partial charge in [0, 0.05) is 12.7 Å². The molecule has 1 aromatic carbocycles. The molecule has 1 N–H and O–H groups in total. The molecule has 0 aliphatic carbocycles. The first-order valence-electron chi connectivity index (χ1n) is 3.81. The minimum absolute atomic E-state index is 0.0976. The lowest BCUT2D eigenvalue weighted by Crippen LogP contribution is -1.96. The second-order valence-electron chi connectivity index (χ2n) is 2.55. The number of rotatable bonds is 3. The molecule has 4 heteroatoms. The van der Waals surface area contributed by atoms with Crippen LogP contribution < -0.4 is 4.74 Å². The highest BCUT2D eigenvalue weighted by atomic mass is 35.5. The molecular weight excluding hydrogens is 195 g/mol. The van der Waals surface area contributed by atoms with E-state index in [0.29, 0.717) is 16.3 Å². The van der Waals surface area contributed by atoms with Gasteiger partial charge in [0.2, 0.25) is 0 Å². The number of methoxy groups -OCH3 is 1. The summed E-state index contributed by atoms with van der Waals surface area (Å²) in [5.41, 5.74) is 0.397. The maximum absolute atomic E-state index is 13.2. The van der Waals surface area contributed by atoms with Crippen molar-refractivity contribution in [2.75, 3.05) is 13.7 Å². The van der Waals surface area contributed by atoms with Gasteiger partial charge in [-0.1, -0.05) is 11.6 Å². The Morgan fingerprint density at radius 3 is 2.77 bits per heavy atom. The van der Waals surface area contributed by atoms with Crippen LogP contribution in [0.25, 0.3) is 0 Å². The Morgan fingerprint density at radius 2 is 2.23 bits per heavy atom. The molecule has 13 heavy (non-hydrogen) atoms. The summed E-state index contributed by atoms with van der Waals surface area (Å²) in [6.45, 7) is -0.0976. The molecule has 2 nitrogen and oxygen atoms in total. The van der Waals surface area contributed by atoms with Crippen LogP contribution in [0.15, 0.2) is 12.1 Å². The van der Waals surface area contributed by atoms with E-state index in [1.165, 1.54) is 19.2 Å². The monoisotopic (exact) mass is 204 g/mol. The van der Waals surface area contributed by atoms with Crippen LogP contribution in [0.2, 0.25) is 5.02 Å². The third-order valence-corrected chi connectivity index (χ3v) is 2.00. The molecule has 0 aliphatic rings. The van der Waals surface area contributed by atoms with E-state index in [4.69, 9.17) is 21.4 Å². The Hall–Kier alpha value is -0.800. The highest BCUT2D eigenvalue weighted by Crippen LogP contribution is 2.27. The molecule has 0 heterocycles. The van der Waals surface area contributed by atoms with E-state index in [1.807, 2.05) is 0 Å². The summed E-state index contributed by atoms with van der Waals surface area (Å²) in [6.07, 6.45) is 0.259.